The van der Waals surface area contributed by atoms with Crippen molar-refractivity contribution in [1.29, 1.82) is 0 Å². The number of benzene rings is 4. The molecule has 4 heterocycles. The van der Waals surface area contributed by atoms with E-state index in [1.165, 1.54) is 74.4 Å². The zero-order valence-corrected chi connectivity index (χ0v) is 32.7. The summed E-state index contributed by atoms with van der Waals surface area (Å²) in [7, 11) is -0.163. The van der Waals surface area contributed by atoms with E-state index >= 15 is 0 Å². The van der Waals surface area contributed by atoms with Gasteiger partial charge >= 0.3 is 13.5 Å². The minimum absolute atomic E-state index is 0.0968. The van der Waals surface area contributed by atoms with Gasteiger partial charge in [0.25, 0.3) is 11.8 Å². The van der Waals surface area contributed by atoms with Crippen LogP contribution in [0.25, 0.3) is 11.1 Å². The molecule has 2 N–H and O–H groups in total. The zero-order chi connectivity index (χ0) is 54.1. The van der Waals surface area contributed by atoms with Gasteiger partial charge in [0, 0.05) is 29.3 Å². The molecular weight excluding hydrogens is 864 g/mol. The molecule has 0 spiro atoms. The van der Waals surface area contributed by atoms with E-state index in [9.17, 15) is 22.8 Å². The van der Waals surface area contributed by atoms with Crippen molar-refractivity contribution in [2.24, 2.45) is 0 Å². The highest BCUT2D eigenvalue weighted by atomic mass is 79.9. The van der Waals surface area contributed by atoms with Gasteiger partial charge in [0.1, 0.15) is 47.8 Å². The van der Waals surface area contributed by atoms with Crippen LogP contribution in [0, 0.1) is 0 Å². The maximum atomic E-state index is 13.6. The molecule has 2 aromatic heterocycles. The number of fused-ring (bicyclic) bond motifs is 2. The SMILES string of the molecule is OB(O)c1ccc(OC(F)(F)F)cc1.[2H]C([2H])(c1ncccn1)N1C(=O)c2cc(-c3ccc(OC)cc3)ccc2OC([2H])([2H])C1([2H])[2H].[2H]C([2H])(c1ncccn1)N1C(=O)c2cc(Br)ccc2OC([2H])([2H])C1([2H])[2H]. The number of hydrogen-bond donors (Lipinski definition) is 2. The Morgan fingerprint density at radius 1 is 0.738 bits per heavy atom. The van der Waals surface area contributed by atoms with E-state index in [1.807, 2.05) is 0 Å². The second-order valence-corrected chi connectivity index (χ2v) is 12.8. The molecule has 0 fully saturated rings. The van der Waals surface area contributed by atoms with E-state index in [0.29, 0.717) is 21.3 Å². The molecule has 4 aromatic carbocycles. The third-order valence-corrected chi connectivity index (χ3v) is 8.31. The Bertz CT molecular complexity index is 2950. The van der Waals surface area contributed by atoms with E-state index in [1.54, 1.807) is 30.3 Å². The van der Waals surface area contributed by atoms with Crippen LogP contribution in [0.4, 0.5) is 13.2 Å². The van der Waals surface area contributed by atoms with Crippen molar-refractivity contribution in [3.63, 3.8) is 0 Å². The molecule has 8 rings (SSSR count). The Labute approximate surface area is 373 Å². The van der Waals surface area contributed by atoms with Crippen LogP contribution in [0.15, 0.2) is 126 Å². The standard InChI is InChI=1S/C21H19N3O3.C14H12BrN3O2.C7H6BF3O3/c1-26-17-6-3-15(4-7-17)16-5-8-19-18(13-16)21(25)24(11-12-27-19)14-20-22-9-2-10-23-20;15-10-2-3-12-11(8-10)14(19)18(6-7-20-12)9-13-16-4-1-5-17-13;9-7(10,11)14-6-3-1-5(2-4-6)8(12)13/h2-10,13H,11-12,14H2,1H3;1-5,8H,6-7,9H2;1-4,12-13H/i11D2,12D2,14D2;6D2,7D2,9D2;. The van der Waals surface area contributed by atoms with Gasteiger partial charge in [0.05, 0.1) is 60.7 Å². The summed E-state index contributed by atoms with van der Waals surface area (Å²) in [5, 5.41) is 17.3. The average Bonchev–Trinajstić information content (AvgIpc) is 3.42. The number of halogens is 4. The average molecular weight is 914 g/mol. The van der Waals surface area contributed by atoms with Crippen LogP contribution in [0.1, 0.15) is 48.8 Å². The lowest BCUT2D eigenvalue weighted by Gasteiger charge is -2.19. The number of carbonyl (C=O) groups excluding carboxylic acids is 2. The molecule has 0 saturated carbocycles. The molecule has 6 aromatic rings. The van der Waals surface area contributed by atoms with Crippen LogP contribution < -0.4 is 24.4 Å². The van der Waals surface area contributed by atoms with Crippen molar-refractivity contribution in [3.05, 3.63) is 149 Å². The lowest BCUT2D eigenvalue weighted by Crippen LogP contribution is -2.32. The van der Waals surface area contributed by atoms with E-state index in [0.717, 1.165) is 24.3 Å². The number of hydrogen-bond acceptors (Lipinski definition) is 12. The summed E-state index contributed by atoms with van der Waals surface area (Å²) in [5.41, 5.74) is 0.979. The molecule has 0 bridgehead atoms. The Kier molecular flexibility index (Phi) is 10.3. The molecule has 314 valence electrons. The van der Waals surface area contributed by atoms with Crippen molar-refractivity contribution in [2.75, 3.05) is 33.2 Å². The quantitative estimate of drug-likeness (QED) is 0.178. The summed E-state index contributed by atoms with van der Waals surface area (Å²) in [6.45, 7) is -18.2. The molecule has 0 saturated heterocycles. The molecular formula is C42H37BBrF3N6O8. The van der Waals surface area contributed by atoms with Crippen LogP contribution >= 0.6 is 15.9 Å². The first-order chi connectivity index (χ1) is 33.9. The van der Waals surface area contributed by atoms with Crippen LogP contribution in [0.3, 0.4) is 0 Å². The minimum Gasteiger partial charge on any atom is -0.497 e. The summed E-state index contributed by atoms with van der Waals surface area (Å²) in [5.74, 6) is -3.34. The van der Waals surface area contributed by atoms with Crippen LogP contribution in [-0.2, 0) is 13.0 Å². The Morgan fingerprint density at radius 2 is 1.21 bits per heavy atom. The van der Waals surface area contributed by atoms with Crippen LogP contribution in [0.2, 0.25) is 0 Å². The smallest absolute Gasteiger partial charge is 0.497 e. The summed E-state index contributed by atoms with van der Waals surface area (Å²) in [6.07, 6.45) is 0.249. The van der Waals surface area contributed by atoms with Crippen molar-refractivity contribution in [3.8, 4) is 34.1 Å². The van der Waals surface area contributed by atoms with Gasteiger partial charge in [-0.05, 0) is 83.3 Å². The first-order valence-corrected chi connectivity index (χ1v) is 18.1. The van der Waals surface area contributed by atoms with Gasteiger partial charge in [-0.3, -0.25) is 9.59 Å². The molecule has 61 heavy (non-hydrogen) atoms. The number of amides is 2. The van der Waals surface area contributed by atoms with Crippen molar-refractivity contribution in [1.82, 2.24) is 29.7 Å². The second kappa shape index (κ2) is 20.6. The number of alkyl halides is 3. The van der Waals surface area contributed by atoms with Gasteiger partial charge in [0.2, 0.25) is 0 Å². The number of rotatable bonds is 8. The van der Waals surface area contributed by atoms with Gasteiger partial charge in [-0.25, -0.2) is 19.9 Å². The zero-order valence-electron chi connectivity index (χ0n) is 43.2. The van der Waals surface area contributed by atoms with Crippen molar-refractivity contribution >= 4 is 40.3 Å². The molecule has 2 aliphatic heterocycles. The fourth-order valence-corrected chi connectivity index (χ4v) is 5.37. The number of nitrogens with zero attached hydrogens (tertiary/aromatic N) is 6. The second-order valence-electron chi connectivity index (χ2n) is 11.9. The number of carbonyl (C=O) groups is 2. The Morgan fingerprint density at radius 3 is 1.70 bits per heavy atom. The van der Waals surface area contributed by atoms with Crippen LogP contribution in [-0.4, -0.2) is 98.3 Å². The number of aromatic nitrogens is 4. The lowest BCUT2D eigenvalue weighted by atomic mass is 9.80. The molecule has 2 aliphatic rings. The fraction of sp³-hybridized carbons (Fsp3) is 0.190. The molecule has 19 heteroatoms. The Hall–Kier alpha value is -6.57. The topological polar surface area (TPSA) is 170 Å². The van der Waals surface area contributed by atoms with Gasteiger partial charge in [0.15, 0.2) is 0 Å². The van der Waals surface area contributed by atoms with Gasteiger partial charge in [-0.15, -0.1) is 13.2 Å². The summed E-state index contributed by atoms with van der Waals surface area (Å²) in [6, 6.07) is 22.6. The van der Waals surface area contributed by atoms with Gasteiger partial charge < -0.3 is 38.8 Å². The third kappa shape index (κ3) is 12.5. The third-order valence-electron chi connectivity index (χ3n) is 7.82. The van der Waals surface area contributed by atoms with Crippen molar-refractivity contribution < 1.29 is 68.2 Å². The van der Waals surface area contributed by atoms with Gasteiger partial charge in [-0.1, -0.05) is 46.3 Å². The highest BCUT2D eigenvalue weighted by molar-refractivity contribution is 9.10. The normalized spacial score (nSPS) is 20.0. The molecule has 0 radical (unpaired) electrons. The minimum atomic E-state index is -4.74. The summed E-state index contributed by atoms with van der Waals surface area (Å²) in [4.78, 5) is 42.1. The lowest BCUT2D eigenvalue weighted by molar-refractivity contribution is -0.274. The Balaban J connectivity index is 0.000000193. The molecule has 0 unspecified atom stereocenters. The van der Waals surface area contributed by atoms with E-state index in [-0.39, 0.29) is 37.9 Å². The number of methoxy groups -OCH3 is 1. The van der Waals surface area contributed by atoms with E-state index in [2.05, 4.69) is 40.6 Å². The molecule has 2 amide bonds. The maximum absolute atomic E-state index is 13.6. The van der Waals surface area contributed by atoms with Crippen LogP contribution in [0.5, 0.6) is 23.0 Å². The first kappa shape index (κ1) is 30.5. The summed E-state index contributed by atoms with van der Waals surface area (Å²) < 4.78 is 154. The first-order valence-electron chi connectivity index (χ1n) is 23.3. The summed E-state index contributed by atoms with van der Waals surface area (Å²) >= 11 is 3.18. The molecule has 0 atom stereocenters. The number of ether oxygens (including phenoxy) is 4. The predicted molar refractivity (Wildman–Crippen MR) is 220 cm³/mol. The highest BCUT2D eigenvalue weighted by Crippen LogP contribution is 2.31. The van der Waals surface area contributed by atoms with Crippen molar-refractivity contribution in [2.45, 2.75) is 19.4 Å². The largest absolute Gasteiger partial charge is 0.573 e. The molecule has 14 nitrogen and oxygen atoms in total. The van der Waals surface area contributed by atoms with E-state index in [4.69, 9.17) is 40.7 Å². The maximum Gasteiger partial charge on any atom is 0.573 e. The fourth-order valence-electron chi connectivity index (χ4n) is 5.01. The molecule has 0 aliphatic carbocycles. The monoisotopic (exact) mass is 912 g/mol. The van der Waals surface area contributed by atoms with E-state index < -0.39 is 81.8 Å². The highest BCUT2D eigenvalue weighted by Gasteiger charge is 2.31. The van der Waals surface area contributed by atoms with Gasteiger partial charge in [-0.2, -0.15) is 0 Å². The predicted octanol–water partition coefficient (Wildman–Crippen LogP) is 5.73.